The molecule has 130 valence electrons. The van der Waals surface area contributed by atoms with Gasteiger partial charge in [-0.1, -0.05) is 6.92 Å². The summed E-state index contributed by atoms with van der Waals surface area (Å²) in [5.41, 5.74) is -0.701. The van der Waals surface area contributed by atoms with Crippen LogP contribution in [0.5, 0.6) is 0 Å². The van der Waals surface area contributed by atoms with E-state index in [0.29, 0.717) is 12.5 Å². The summed E-state index contributed by atoms with van der Waals surface area (Å²) in [5, 5.41) is 0. The van der Waals surface area contributed by atoms with Gasteiger partial charge in [0.05, 0.1) is 23.5 Å². The molecule has 2 aliphatic heterocycles. The maximum atomic E-state index is 12.0. The van der Waals surface area contributed by atoms with Gasteiger partial charge in [0.1, 0.15) is 12.7 Å². The van der Waals surface area contributed by atoms with Gasteiger partial charge in [0.15, 0.2) is 0 Å². The molecule has 4 fully saturated rings. The van der Waals surface area contributed by atoms with Gasteiger partial charge in [-0.2, -0.15) is 0 Å². The molecule has 4 bridgehead atoms. The van der Waals surface area contributed by atoms with Crippen LogP contribution in [-0.2, 0) is 23.8 Å². The Balaban J connectivity index is 1.53. The van der Waals surface area contributed by atoms with Gasteiger partial charge >= 0.3 is 11.9 Å². The van der Waals surface area contributed by atoms with Crippen LogP contribution in [0.25, 0.3) is 0 Å². The van der Waals surface area contributed by atoms with E-state index < -0.39 is 5.41 Å². The lowest BCUT2D eigenvalue weighted by Crippen LogP contribution is -2.47. The average molecular weight is 324 g/mol. The second-order valence-electron chi connectivity index (χ2n) is 8.11. The Morgan fingerprint density at radius 1 is 1.26 bits per heavy atom. The Bertz CT molecular complexity index is 486. The third-order valence-corrected chi connectivity index (χ3v) is 5.87. The van der Waals surface area contributed by atoms with Crippen LogP contribution in [0.15, 0.2) is 0 Å². The van der Waals surface area contributed by atoms with Crippen molar-refractivity contribution in [3.05, 3.63) is 0 Å². The quantitative estimate of drug-likeness (QED) is 0.555. The molecular weight excluding hydrogens is 296 g/mol. The minimum Gasteiger partial charge on any atom is -0.463 e. The Morgan fingerprint density at radius 3 is 2.78 bits per heavy atom. The first-order chi connectivity index (χ1) is 10.8. The fourth-order valence-electron chi connectivity index (χ4n) is 4.28. The van der Waals surface area contributed by atoms with E-state index in [4.69, 9.17) is 14.2 Å². The number of hydrogen-bond donors (Lipinski definition) is 0. The van der Waals surface area contributed by atoms with Crippen molar-refractivity contribution in [3.63, 3.8) is 0 Å². The standard InChI is InChI=1S/C18H28O5/c1-4-17(2,3)16(20)21-5-6-22-18-9-12-7-13(10-18)15(19)23-14(8-12)11-18/h12-14H,4-11H2,1-3H3. The second-order valence-corrected chi connectivity index (χ2v) is 8.11. The molecule has 2 saturated heterocycles. The van der Waals surface area contributed by atoms with Gasteiger partial charge in [0.25, 0.3) is 0 Å². The van der Waals surface area contributed by atoms with Gasteiger partial charge in [-0.3, -0.25) is 9.59 Å². The largest absolute Gasteiger partial charge is 0.463 e. The monoisotopic (exact) mass is 324 g/mol. The smallest absolute Gasteiger partial charge is 0.311 e. The lowest BCUT2D eigenvalue weighted by atomic mass is 9.65. The van der Waals surface area contributed by atoms with E-state index in [2.05, 4.69) is 0 Å². The number of carbonyl (C=O) groups excluding carboxylic acids is 2. The SMILES string of the molecule is CCC(C)(C)C(=O)OCCOC12CC3CC(C1)OC(=O)C(C3)C2. The summed E-state index contributed by atoms with van der Waals surface area (Å²) in [5.74, 6) is 0.298. The summed E-state index contributed by atoms with van der Waals surface area (Å²) >= 11 is 0. The minimum absolute atomic E-state index is 0.00956. The Morgan fingerprint density at radius 2 is 2.04 bits per heavy atom. The lowest BCUT2D eigenvalue weighted by molar-refractivity contribution is -0.164. The van der Waals surface area contributed by atoms with Crippen LogP contribution < -0.4 is 0 Å². The predicted molar refractivity (Wildman–Crippen MR) is 83.7 cm³/mol. The molecule has 0 aromatic heterocycles. The average Bonchev–Trinajstić information content (AvgIpc) is 2.65. The van der Waals surface area contributed by atoms with Gasteiger partial charge in [0.2, 0.25) is 0 Å². The fourth-order valence-corrected chi connectivity index (χ4v) is 4.28. The van der Waals surface area contributed by atoms with Gasteiger partial charge in [0, 0.05) is 6.42 Å². The summed E-state index contributed by atoms with van der Waals surface area (Å²) < 4.78 is 17.1. The van der Waals surface area contributed by atoms with Crippen molar-refractivity contribution in [2.24, 2.45) is 17.3 Å². The molecule has 2 heterocycles. The van der Waals surface area contributed by atoms with E-state index in [9.17, 15) is 9.59 Å². The number of hydrogen-bond acceptors (Lipinski definition) is 5. The van der Waals surface area contributed by atoms with Crippen LogP contribution in [-0.4, -0.2) is 36.9 Å². The van der Waals surface area contributed by atoms with Crippen LogP contribution in [0.3, 0.4) is 0 Å². The van der Waals surface area contributed by atoms with E-state index in [-0.39, 0.29) is 36.2 Å². The number of esters is 2. The number of fused-ring (bicyclic) bond motifs is 1. The van der Waals surface area contributed by atoms with Crippen LogP contribution in [0.1, 0.15) is 59.3 Å². The van der Waals surface area contributed by atoms with Gasteiger partial charge in [-0.05, 0) is 51.9 Å². The van der Waals surface area contributed by atoms with Gasteiger partial charge in [-0.25, -0.2) is 0 Å². The molecule has 5 nitrogen and oxygen atoms in total. The molecule has 0 aromatic carbocycles. The lowest BCUT2D eigenvalue weighted by Gasteiger charge is -2.46. The molecule has 0 N–H and O–H groups in total. The van der Waals surface area contributed by atoms with E-state index >= 15 is 0 Å². The van der Waals surface area contributed by atoms with Crippen molar-refractivity contribution in [3.8, 4) is 0 Å². The van der Waals surface area contributed by atoms with E-state index in [1.807, 2.05) is 20.8 Å². The third-order valence-electron chi connectivity index (χ3n) is 5.87. The van der Waals surface area contributed by atoms with Crippen LogP contribution >= 0.6 is 0 Å². The Labute approximate surface area is 138 Å². The first-order valence-electron chi connectivity index (χ1n) is 8.85. The highest BCUT2D eigenvalue weighted by Gasteiger charge is 2.53. The molecule has 0 aromatic rings. The molecule has 4 rings (SSSR count). The first kappa shape index (κ1) is 16.7. The van der Waals surface area contributed by atoms with Crippen LogP contribution in [0.4, 0.5) is 0 Å². The van der Waals surface area contributed by atoms with Crippen molar-refractivity contribution < 1.29 is 23.8 Å². The van der Waals surface area contributed by atoms with E-state index in [1.54, 1.807) is 0 Å². The Kier molecular flexibility index (Phi) is 4.43. The fraction of sp³-hybridized carbons (Fsp3) is 0.889. The summed E-state index contributed by atoms with van der Waals surface area (Å²) in [4.78, 5) is 24.0. The normalized spacial score (nSPS) is 35.8. The van der Waals surface area contributed by atoms with Crippen LogP contribution in [0, 0.1) is 17.3 Å². The zero-order valence-corrected chi connectivity index (χ0v) is 14.4. The van der Waals surface area contributed by atoms with Crippen molar-refractivity contribution in [2.75, 3.05) is 13.2 Å². The van der Waals surface area contributed by atoms with Gasteiger partial charge in [-0.15, -0.1) is 0 Å². The predicted octanol–water partition coefficient (Wildman–Crippen LogP) is 2.86. The van der Waals surface area contributed by atoms with E-state index in [1.165, 1.54) is 0 Å². The molecule has 0 amide bonds. The van der Waals surface area contributed by atoms with E-state index in [0.717, 1.165) is 38.5 Å². The molecule has 4 unspecified atom stereocenters. The first-order valence-corrected chi connectivity index (χ1v) is 8.85. The molecule has 4 aliphatic rings. The molecule has 0 spiro atoms. The molecular formula is C18H28O5. The molecule has 23 heavy (non-hydrogen) atoms. The zero-order valence-electron chi connectivity index (χ0n) is 14.4. The molecule has 5 heteroatoms. The van der Waals surface area contributed by atoms with Crippen molar-refractivity contribution in [1.29, 1.82) is 0 Å². The van der Waals surface area contributed by atoms with Crippen molar-refractivity contribution in [2.45, 2.75) is 71.0 Å². The number of carbonyl (C=O) groups is 2. The second kappa shape index (κ2) is 6.08. The summed E-state index contributed by atoms with van der Waals surface area (Å²) in [6.45, 7) is 6.43. The number of ether oxygens (including phenoxy) is 3. The summed E-state index contributed by atoms with van der Waals surface area (Å²) in [7, 11) is 0. The number of rotatable bonds is 6. The van der Waals surface area contributed by atoms with Crippen molar-refractivity contribution >= 4 is 11.9 Å². The third kappa shape index (κ3) is 3.39. The molecule has 2 aliphatic carbocycles. The summed E-state index contributed by atoms with van der Waals surface area (Å²) in [6, 6.07) is 0. The molecule has 4 atom stereocenters. The molecule has 0 radical (unpaired) electrons. The maximum Gasteiger partial charge on any atom is 0.311 e. The molecule has 2 saturated carbocycles. The maximum absolute atomic E-state index is 12.0. The summed E-state index contributed by atoms with van der Waals surface area (Å²) in [6.07, 6.45) is 5.24. The Hall–Kier alpha value is -1.10. The van der Waals surface area contributed by atoms with Gasteiger partial charge < -0.3 is 14.2 Å². The van der Waals surface area contributed by atoms with Crippen LogP contribution in [0.2, 0.25) is 0 Å². The highest BCUT2D eigenvalue weighted by atomic mass is 16.6. The highest BCUT2D eigenvalue weighted by molar-refractivity contribution is 5.75. The zero-order chi connectivity index (χ0) is 16.7. The highest BCUT2D eigenvalue weighted by Crippen LogP contribution is 2.51. The topological polar surface area (TPSA) is 61.8 Å². The minimum atomic E-state index is -0.446. The van der Waals surface area contributed by atoms with Crippen molar-refractivity contribution in [1.82, 2.24) is 0 Å².